The fraction of sp³-hybridized carbons (Fsp3) is 0.909. The van der Waals surface area contributed by atoms with Gasteiger partial charge in [0.05, 0.1) is 6.42 Å². The molecule has 0 aromatic rings. The van der Waals surface area contributed by atoms with E-state index in [4.69, 9.17) is 5.11 Å². The standard InChI is InChI=1S/C11H19NO2/c13-10(14)8-11(4-3-5-11)9-12-6-1-2-7-12/h1-9H2,(H,13,14). The molecule has 1 heterocycles. The summed E-state index contributed by atoms with van der Waals surface area (Å²) in [6, 6.07) is 0. The van der Waals surface area contributed by atoms with E-state index in [1.165, 1.54) is 32.4 Å². The van der Waals surface area contributed by atoms with E-state index >= 15 is 0 Å². The second-order valence-electron chi connectivity index (χ2n) is 4.91. The van der Waals surface area contributed by atoms with Gasteiger partial charge in [-0.1, -0.05) is 6.42 Å². The highest BCUT2D eigenvalue weighted by molar-refractivity contribution is 5.68. The third-order valence-corrected chi connectivity index (χ3v) is 3.70. The van der Waals surface area contributed by atoms with Crippen molar-refractivity contribution in [1.29, 1.82) is 0 Å². The summed E-state index contributed by atoms with van der Waals surface area (Å²) in [6.45, 7) is 3.39. The van der Waals surface area contributed by atoms with Gasteiger partial charge in [-0.15, -0.1) is 0 Å². The van der Waals surface area contributed by atoms with E-state index < -0.39 is 5.97 Å². The summed E-state index contributed by atoms with van der Waals surface area (Å²) in [4.78, 5) is 13.2. The van der Waals surface area contributed by atoms with E-state index in [-0.39, 0.29) is 5.41 Å². The third kappa shape index (κ3) is 2.08. The van der Waals surface area contributed by atoms with Crippen LogP contribution in [0.4, 0.5) is 0 Å². The molecule has 3 heteroatoms. The fourth-order valence-corrected chi connectivity index (χ4v) is 2.80. The second kappa shape index (κ2) is 3.89. The molecule has 2 rings (SSSR count). The molecule has 0 spiro atoms. The largest absolute Gasteiger partial charge is 0.481 e. The predicted molar refractivity (Wildman–Crippen MR) is 54.2 cm³/mol. The molecule has 1 aliphatic carbocycles. The summed E-state index contributed by atoms with van der Waals surface area (Å²) >= 11 is 0. The number of hydrogen-bond donors (Lipinski definition) is 1. The zero-order valence-electron chi connectivity index (χ0n) is 8.67. The number of likely N-dealkylation sites (tertiary alicyclic amines) is 1. The molecule has 0 atom stereocenters. The predicted octanol–water partition coefficient (Wildman–Crippen LogP) is 1.73. The maximum atomic E-state index is 10.8. The molecule has 1 N–H and O–H groups in total. The van der Waals surface area contributed by atoms with Gasteiger partial charge in [-0.2, -0.15) is 0 Å². The van der Waals surface area contributed by atoms with Gasteiger partial charge in [0.1, 0.15) is 0 Å². The molecule has 1 saturated carbocycles. The van der Waals surface area contributed by atoms with Crippen molar-refractivity contribution in [1.82, 2.24) is 4.90 Å². The summed E-state index contributed by atoms with van der Waals surface area (Å²) in [5.41, 5.74) is 0.135. The number of aliphatic carboxylic acids is 1. The van der Waals surface area contributed by atoms with Gasteiger partial charge in [-0.3, -0.25) is 4.79 Å². The Balaban J connectivity index is 1.87. The van der Waals surface area contributed by atoms with Gasteiger partial charge in [0.25, 0.3) is 0 Å². The molecule has 0 aromatic heterocycles. The molecule has 80 valence electrons. The minimum Gasteiger partial charge on any atom is -0.481 e. The number of nitrogens with zero attached hydrogens (tertiary/aromatic N) is 1. The Morgan fingerprint density at radius 3 is 2.29 bits per heavy atom. The van der Waals surface area contributed by atoms with E-state index in [0.29, 0.717) is 6.42 Å². The molecule has 3 nitrogen and oxygen atoms in total. The molecule has 0 aromatic carbocycles. The Bertz CT molecular complexity index is 217. The Morgan fingerprint density at radius 2 is 1.86 bits per heavy atom. The minimum atomic E-state index is -0.621. The quantitative estimate of drug-likeness (QED) is 0.746. The summed E-state index contributed by atoms with van der Waals surface area (Å²) < 4.78 is 0. The highest BCUT2D eigenvalue weighted by atomic mass is 16.4. The summed E-state index contributed by atoms with van der Waals surface area (Å²) in [5.74, 6) is -0.621. The van der Waals surface area contributed by atoms with Crippen molar-refractivity contribution in [2.24, 2.45) is 5.41 Å². The monoisotopic (exact) mass is 197 g/mol. The molecule has 0 radical (unpaired) electrons. The van der Waals surface area contributed by atoms with Crippen LogP contribution in [0, 0.1) is 5.41 Å². The van der Waals surface area contributed by atoms with Crippen LogP contribution in [0.1, 0.15) is 38.5 Å². The highest BCUT2D eigenvalue weighted by Gasteiger charge is 2.40. The van der Waals surface area contributed by atoms with Crippen molar-refractivity contribution < 1.29 is 9.90 Å². The Hall–Kier alpha value is -0.570. The molecule has 1 aliphatic heterocycles. The van der Waals surface area contributed by atoms with Crippen LogP contribution in [-0.2, 0) is 4.79 Å². The average Bonchev–Trinajstić information content (AvgIpc) is 2.51. The van der Waals surface area contributed by atoms with Gasteiger partial charge in [0.2, 0.25) is 0 Å². The smallest absolute Gasteiger partial charge is 0.303 e. The maximum absolute atomic E-state index is 10.8. The Labute approximate surface area is 85.1 Å². The van der Waals surface area contributed by atoms with Crippen molar-refractivity contribution in [3.05, 3.63) is 0 Å². The Kier molecular flexibility index (Phi) is 2.77. The van der Waals surface area contributed by atoms with Crippen LogP contribution in [-0.4, -0.2) is 35.6 Å². The lowest BCUT2D eigenvalue weighted by Gasteiger charge is -2.43. The van der Waals surface area contributed by atoms with Crippen molar-refractivity contribution in [2.75, 3.05) is 19.6 Å². The zero-order chi connectivity index (χ0) is 10.0. The van der Waals surface area contributed by atoms with Crippen molar-refractivity contribution in [3.63, 3.8) is 0 Å². The molecular formula is C11H19NO2. The van der Waals surface area contributed by atoms with Crippen LogP contribution < -0.4 is 0 Å². The second-order valence-corrected chi connectivity index (χ2v) is 4.91. The van der Waals surface area contributed by atoms with Crippen LogP contribution in [0.15, 0.2) is 0 Å². The van der Waals surface area contributed by atoms with Crippen LogP contribution in [0.3, 0.4) is 0 Å². The SMILES string of the molecule is O=C(O)CC1(CN2CCCC2)CCC1. The first-order valence-corrected chi connectivity index (χ1v) is 5.64. The van der Waals surface area contributed by atoms with E-state index in [2.05, 4.69) is 4.90 Å². The number of rotatable bonds is 4. The first-order chi connectivity index (χ1) is 6.70. The minimum absolute atomic E-state index is 0.135. The molecule has 0 bridgehead atoms. The summed E-state index contributed by atoms with van der Waals surface area (Å²) in [5, 5.41) is 8.87. The molecule has 2 aliphatic rings. The molecule has 14 heavy (non-hydrogen) atoms. The molecule has 1 saturated heterocycles. The van der Waals surface area contributed by atoms with Gasteiger partial charge in [0.15, 0.2) is 0 Å². The van der Waals surface area contributed by atoms with Crippen molar-refractivity contribution in [3.8, 4) is 0 Å². The normalized spacial score (nSPS) is 26.0. The van der Waals surface area contributed by atoms with E-state index in [1.54, 1.807) is 0 Å². The number of hydrogen-bond acceptors (Lipinski definition) is 2. The Morgan fingerprint density at radius 1 is 1.21 bits per heavy atom. The molecule has 0 unspecified atom stereocenters. The van der Waals surface area contributed by atoms with Crippen molar-refractivity contribution >= 4 is 5.97 Å². The van der Waals surface area contributed by atoms with Crippen LogP contribution in [0.25, 0.3) is 0 Å². The molecular weight excluding hydrogens is 178 g/mol. The number of carboxylic acid groups (broad SMARTS) is 1. The fourth-order valence-electron chi connectivity index (χ4n) is 2.80. The maximum Gasteiger partial charge on any atom is 0.303 e. The number of carbonyl (C=O) groups is 1. The van der Waals surface area contributed by atoms with Gasteiger partial charge in [-0.25, -0.2) is 0 Å². The number of carboxylic acids is 1. The average molecular weight is 197 g/mol. The van der Waals surface area contributed by atoms with Crippen LogP contribution in [0.5, 0.6) is 0 Å². The lowest BCUT2D eigenvalue weighted by Crippen LogP contribution is -2.42. The van der Waals surface area contributed by atoms with Gasteiger partial charge >= 0.3 is 5.97 Å². The first-order valence-electron chi connectivity index (χ1n) is 5.64. The van der Waals surface area contributed by atoms with Gasteiger partial charge in [0, 0.05) is 6.54 Å². The third-order valence-electron chi connectivity index (χ3n) is 3.70. The van der Waals surface area contributed by atoms with Crippen LogP contribution in [0.2, 0.25) is 0 Å². The van der Waals surface area contributed by atoms with E-state index in [1.807, 2.05) is 0 Å². The topological polar surface area (TPSA) is 40.5 Å². The van der Waals surface area contributed by atoms with Gasteiger partial charge in [-0.05, 0) is 44.2 Å². The summed E-state index contributed by atoms with van der Waals surface area (Å²) in [6.07, 6.45) is 6.43. The lowest BCUT2D eigenvalue weighted by molar-refractivity contribution is -0.141. The zero-order valence-corrected chi connectivity index (χ0v) is 8.67. The molecule has 0 amide bonds. The lowest BCUT2D eigenvalue weighted by atomic mass is 9.66. The van der Waals surface area contributed by atoms with Crippen LogP contribution >= 0.6 is 0 Å². The highest BCUT2D eigenvalue weighted by Crippen LogP contribution is 2.44. The van der Waals surface area contributed by atoms with E-state index in [9.17, 15) is 4.79 Å². The first kappa shape index (κ1) is 9.97. The van der Waals surface area contributed by atoms with Crippen molar-refractivity contribution in [2.45, 2.75) is 38.5 Å². The van der Waals surface area contributed by atoms with Gasteiger partial charge < -0.3 is 10.0 Å². The summed E-state index contributed by atoms with van der Waals surface area (Å²) in [7, 11) is 0. The molecule has 2 fully saturated rings. The van der Waals surface area contributed by atoms with E-state index in [0.717, 1.165) is 19.4 Å².